The molecule has 0 heterocycles. The SMILES string of the molecule is CCCCC/C=C\C/C=C\CCCCCCCC(=O)OC(CO)COP(=O)(O)OCC(CO)OC(=O)CCCCCCCCCCCCCCCCCCCC. The molecule has 0 saturated carbocycles. The molecule has 0 bridgehead atoms. The van der Waals surface area contributed by atoms with E-state index in [0.717, 1.165) is 64.2 Å². The van der Waals surface area contributed by atoms with Crippen molar-refractivity contribution in [1.82, 2.24) is 0 Å². The highest BCUT2D eigenvalue weighted by atomic mass is 31.2. The van der Waals surface area contributed by atoms with Crippen molar-refractivity contribution in [3.8, 4) is 0 Å². The van der Waals surface area contributed by atoms with Gasteiger partial charge in [0, 0.05) is 12.8 Å². The van der Waals surface area contributed by atoms with E-state index in [1.807, 2.05) is 0 Å². The maximum atomic E-state index is 12.4. The van der Waals surface area contributed by atoms with E-state index in [0.29, 0.717) is 12.8 Å². The van der Waals surface area contributed by atoms with E-state index < -0.39 is 58.4 Å². The molecule has 0 aliphatic rings. The Morgan fingerprint density at radius 1 is 0.482 bits per heavy atom. The van der Waals surface area contributed by atoms with Gasteiger partial charge in [-0.3, -0.25) is 18.6 Å². The molecule has 3 atom stereocenters. The van der Waals surface area contributed by atoms with E-state index in [1.54, 1.807) is 0 Å². The topological polar surface area (TPSA) is 149 Å². The van der Waals surface area contributed by atoms with Crippen LogP contribution in [0.1, 0.15) is 213 Å². The molecule has 0 fully saturated rings. The number of aliphatic hydroxyl groups is 2. The van der Waals surface area contributed by atoms with Gasteiger partial charge in [0.15, 0.2) is 0 Å². The van der Waals surface area contributed by atoms with Crippen molar-refractivity contribution in [3.05, 3.63) is 24.3 Å². The van der Waals surface area contributed by atoms with E-state index in [-0.39, 0.29) is 12.8 Å². The monoisotopic (exact) mass is 817 g/mol. The number of aliphatic hydroxyl groups excluding tert-OH is 2. The van der Waals surface area contributed by atoms with Crippen LogP contribution in [-0.4, -0.2) is 65.7 Å². The zero-order valence-corrected chi connectivity index (χ0v) is 36.8. The predicted octanol–water partition coefficient (Wildman–Crippen LogP) is 12.2. The van der Waals surface area contributed by atoms with Gasteiger partial charge in [0.1, 0.15) is 12.2 Å². The summed E-state index contributed by atoms with van der Waals surface area (Å²) in [7, 11) is -4.64. The average molecular weight is 817 g/mol. The maximum absolute atomic E-state index is 12.4. The second kappa shape index (κ2) is 41.6. The van der Waals surface area contributed by atoms with E-state index in [9.17, 15) is 29.3 Å². The standard InChI is InChI=1S/C45H85O10P/c1-3-5-7-9-11-13-15-17-19-20-21-23-25-27-29-31-33-35-37-45(49)55-43(39-47)41-53-56(50,51)52-40-42(38-46)54-44(48)36-34-32-30-28-26-24-22-18-16-14-12-10-8-6-4-2/h12,14,18,22,42-43,46-47H,3-11,13,15-17,19-21,23-41H2,1-2H3,(H,50,51)/b14-12-,22-18-. The average Bonchev–Trinajstić information content (AvgIpc) is 3.19. The molecule has 0 saturated heterocycles. The van der Waals surface area contributed by atoms with Crippen LogP contribution < -0.4 is 0 Å². The van der Waals surface area contributed by atoms with Crippen LogP contribution in [0.25, 0.3) is 0 Å². The number of esters is 2. The summed E-state index contributed by atoms with van der Waals surface area (Å²) >= 11 is 0. The molecule has 10 nitrogen and oxygen atoms in total. The minimum absolute atomic E-state index is 0.178. The fraction of sp³-hybridized carbons (Fsp3) is 0.867. The summed E-state index contributed by atoms with van der Waals surface area (Å²) in [6, 6.07) is 0. The lowest BCUT2D eigenvalue weighted by molar-refractivity contribution is -0.153. The summed E-state index contributed by atoms with van der Waals surface area (Å²) in [5, 5.41) is 19.2. The maximum Gasteiger partial charge on any atom is 0.472 e. The molecule has 0 spiro atoms. The van der Waals surface area contributed by atoms with Gasteiger partial charge in [-0.15, -0.1) is 0 Å². The smallest absolute Gasteiger partial charge is 0.457 e. The molecule has 0 aromatic heterocycles. The number of hydrogen-bond acceptors (Lipinski definition) is 9. The summed E-state index contributed by atoms with van der Waals surface area (Å²) in [4.78, 5) is 34.5. The molecule has 56 heavy (non-hydrogen) atoms. The van der Waals surface area contributed by atoms with Crippen LogP contribution in [0.3, 0.4) is 0 Å². The van der Waals surface area contributed by atoms with E-state index >= 15 is 0 Å². The minimum atomic E-state index is -4.64. The first-order chi connectivity index (χ1) is 27.3. The van der Waals surface area contributed by atoms with Crippen LogP contribution in [0.2, 0.25) is 0 Å². The summed E-state index contributed by atoms with van der Waals surface area (Å²) in [5.74, 6) is -1.02. The predicted molar refractivity (Wildman–Crippen MR) is 228 cm³/mol. The third kappa shape index (κ3) is 39.3. The van der Waals surface area contributed by atoms with Gasteiger partial charge < -0.3 is 24.6 Å². The van der Waals surface area contributed by atoms with Crippen LogP contribution in [0.15, 0.2) is 24.3 Å². The van der Waals surface area contributed by atoms with Crippen molar-refractivity contribution in [3.63, 3.8) is 0 Å². The normalized spacial score (nSPS) is 14.0. The van der Waals surface area contributed by atoms with Crippen molar-refractivity contribution in [2.24, 2.45) is 0 Å². The molecule has 0 aliphatic heterocycles. The van der Waals surface area contributed by atoms with E-state index in [1.165, 1.54) is 109 Å². The quantitative estimate of drug-likeness (QED) is 0.0235. The first kappa shape index (κ1) is 54.5. The van der Waals surface area contributed by atoms with Gasteiger partial charge in [0.05, 0.1) is 26.4 Å². The summed E-state index contributed by atoms with van der Waals surface area (Å²) in [6.45, 7) is 2.19. The summed E-state index contributed by atoms with van der Waals surface area (Å²) in [5.41, 5.74) is 0. The number of phosphoric acid groups is 1. The first-order valence-corrected chi connectivity index (χ1v) is 24.3. The van der Waals surface area contributed by atoms with Gasteiger partial charge in [-0.2, -0.15) is 0 Å². The fourth-order valence-electron chi connectivity index (χ4n) is 6.38. The van der Waals surface area contributed by atoms with Crippen LogP contribution in [0.5, 0.6) is 0 Å². The van der Waals surface area contributed by atoms with Crippen LogP contribution in [0.4, 0.5) is 0 Å². The Bertz CT molecular complexity index is 988. The molecule has 11 heteroatoms. The number of ether oxygens (including phenoxy) is 2. The van der Waals surface area contributed by atoms with Gasteiger partial charge in [-0.25, -0.2) is 4.57 Å². The highest BCUT2D eigenvalue weighted by molar-refractivity contribution is 7.47. The summed E-state index contributed by atoms with van der Waals surface area (Å²) in [6.07, 6.45) is 41.5. The zero-order chi connectivity index (χ0) is 41.2. The van der Waals surface area contributed by atoms with Crippen molar-refractivity contribution in [2.75, 3.05) is 26.4 Å². The molecule has 0 amide bonds. The Morgan fingerprint density at radius 3 is 1.14 bits per heavy atom. The number of phosphoric ester groups is 1. The number of unbranched alkanes of at least 4 members (excludes halogenated alkanes) is 25. The summed E-state index contributed by atoms with van der Waals surface area (Å²) < 4.78 is 32.6. The number of carbonyl (C=O) groups excluding carboxylic acids is 2. The Hall–Kier alpha value is -1.55. The molecule has 0 rings (SSSR count). The minimum Gasteiger partial charge on any atom is -0.457 e. The van der Waals surface area contributed by atoms with Gasteiger partial charge in [-0.1, -0.05) is 179 Å². The Kier molecular flexibility index (Phi) is 40.5. The highest BCUT2D eigenvalue weighted by Crippen LogP contribution is 2.43. The van der Waals surface area contributed by atoms with Crippen LogP contribution in [-0.2, 0) is 32.7 Å². The Labute approximate surface area is 342 Å². The van der Waals surface area contributed by atoms with E-state index in [4.69, 9.17) is 18.5 Å². The lowest BCUT2D eigenvalue weighted by atomic mass is 10.0. The molecule has 0 aliphatic carbocycles. The van der Waals surface area contributed by atoms with Crippen molar-refractivity contribution < 1.29 is 47.8 Å². The number of carbonyl (C=O) groups is 2. The van der Waals surface area contributed by atoms with Crippen molar-refractivity contribution in [1.29, 1.82) is 0 Å². The van der Waals surface area contributed by atoms with Gasteiger partial charge in [0.25, 0.3) is 0 Å². The number of hydrogen-bond donors (Lipinski definition) is 3. The number of rotatable bonds is 43. The Morgan fingerprint density at radius 2 is 0.786 bits per heavy atom. The molecule has 0 aromatic carbocycles. The Balaban J connectivity index is 3.89. The third-order valence-electron chi connectivity index (χ3n) is 9.92. The lowest BCUT2D eigenvalue weighted by Gasteiger charge is -2.20. The molecule has 330 valence electrons. The molecular formula is C45H85O10P. The van der Waals surface area contributed by atoms with Crippen molar-refractivity contribution >= 4 is 19.8 Å². The van der Waals surface area contributed by atoms with Gasteiger partial charge in [0.2, 0.25) is 0 Å². The highest BCUT2D eigenvalue weighted by Gasteiger charge is 2.27. The van der Waals surface area contributed by atoms with Crippen molar-refractivity contribution in [2.45, 2.75) is 225 Å². The van der Waals surface area contributed by atoms with Gasteiger partial charge >= 0.3 is 19.8 Å². The molecule has 0 radical (unpaired) electrons. The van der Waals surface area contributed by atoms with Crippen LogP contribution in [0, 0.1) is 0 Å². The largest absolute Gasteiger partial charge is 0.472 e. The van der Waals surface area contributed by atoms with Crippen LogP contribution >= 0.6 is 7.82 Å². The zero-order valence-electron chi connectivity index (χ0n) is 35.9. The van der Waals surface area contributed by atoms with E-state index in [2.05, 4.69) is 38.2 Å². The molecule has 3 N–H and O–H groups in total. The first-order valence-electron chi connectivity index (χ1n) is 22.8. The lowest BCUT2D eigenvalue weighted by Crippen LogP contribution is -2.28. The molecule has 3 unspecified atom stereocenters. The fourth-order valence-corrected chi connectivity index (χ4v) is 7.17. The molecule has 0 aromatic rings. The number of allylic oxidation sites excluding steroid dienone is 4. The third-order valence-corrected chi connectivity index (χ3v) is 10.9. The molecular weight excluding hydrogens is 731 g/mol. The second-order valence-electron chi connectivity index (χ2n) is 15.4. The van der Waals surface area contributed by atoms with Gasteiger partial charge in [-0.05, 0) is 44.9 Å². The second-order valence-corrected chi connectivity index (χ2v) is 16.8.